The Labute approximate surface area is 127 Å². The van der Waals surface area contributed by atoms with Gasteiger partial charge in [-0.1, -0.05) is 12.1 Å². The Morgan fingerprint density at radius 1 is 1.32 bits per heavy atom. The fraction of sp³-hybridized carbons (Fsp3) is 0.176. The van der Waals surface area contributed by atoms with Crippen molar-refractivity contribution < 1.29 is 9.21 Å². The monoisotopic (exact) mass is 293 g/mol. The molecule has 1 aliphatic rings. The number of amides is 1. The average Bonchev–Trinajstić information content (AvgIpc) is 3.13. The summed E-state index contributed by atoms with van der Waals surface area (Å²) in [6.07, 6.45) is 7.97. The van der Waals surface area contributed by atoms with Crippen molar-refractivity contribution in [2.24, 2.45) is 0 Å². The second kappa shape index (κ2) is 5.18. The third kappa shape index (κ3) is 2.20. The molecule has 1 unspecified atom stereocenters. The summed E-state index contributed by atoms with van der Waals surface area (Å²) >= 11 is 0. The predicted molar refractivity (Wildman–Crippen MR) is 82.1 cm³/mol. The molecule has 110 valence electrons. The number of imidazole rings is 1. The second-order valence-electron chi connectivity index (χ2n) is 5.33. The summed E-state index contributed by atoms with van der Waals surface area (Å²) in [5, 5.41) is 2.91. The standard InChI is InChI=1S/C17H15N3O2/c21-16-10-12(6-7-13-4-3-9-22-13)17-14(11-18-16)19-15-5-1-2-8-20(15)17/h1-9,12H,10-11H2,(H,18,21)/b7-6+. The van der Waals surface area contributed by atoms with E-state index in [1.54, 1.807) is 6.26 Å². The SMILES string of the molecule is O=C1CC(/C=C/c2ccco2)c2c(nc3ccccn23)CN1. The van der Waals surface area contributed by atoms with Crippen molar-refractivity contribution in [3.8, 4) is 0 Å². The molecule has 5 heteroatoms. The number of pyridine rings is 1. The number of hydrogen-bond donors (Lipinski definition) is 1. The molecule has 1 N–H and O–H groups in total. The molecule has 3 aromatic rings. The van der Waals surface area contributed by atoms with E-state index in [0.29, 0.717) is 13.0 Å². The smallest absolute Gasteiger partial charge is 0.221 e. The Morgan fingerprint density at radius 3 is 3.14 bits per heavy atom. The van der Waals surface area contributed by atoms with Gasteiger partial charge in [0, 0.05) is 18.5 Å². The summed E-state index contributed by atoms with van der Waals surface area (Å²) in [5.74, 6) is 0.789. The van der Waals surface area contributed by atoms with E-state index in [2.05, 4.69) is 14.7 Å². The van der Waals surface area contributed by atoms with Gasteiger partial charge in [0.15, 0.2) is 0 Å². The number of rotatable bonds is 2. The van der Waals surface area contributed by atoms with Gasteiger partial charge in [0.05, 0.1) is 24.2 Å². The highest BCUT2D eigenvalue weighted by atomic mass is 16.3. The molecular formula is C17H15N3O2. The molecule has 1 atom stereocenters. The summed E-state index contributed by atoms with van der Waals surface area (Å²) in [6.45, 7) is 0.473. The molecule has 5 nitrogen and oxygen atoms in total. The van der Waals surface area contributed by atoms with Crippen LogP contribution in [0.4, 0.5) is 0 Å². The highest BCUT2D eigenvalue weighted by molar-refractivity contribution is 5.78. The van der Waals surface area contributed by atoms with Gasteiger partial charge in [-0.2, -0.15) is 0 Å². The first kappa shape index (κ1) is 12.9. The fourth-order valence-electron chi connectivity index (χ4n) is 2.89. The number of furan rings is 1. The Balaban J connectivity index is 1.81. The minimum absolute atomic E-state index is 0.0278. The number of aromatic nitrogens is 2. The number of carbonyl (C=O) groups is 1. The van der Waals surface area contributed by atoms with E-state index in [1.165, 1.54) is 0 Å². The van der Waals surface area contributed by atoms with Crippen LogP contribution < -0.4 is 5.32 Å². The molecule has 3 aromatic heterocycles. The van der Waals surface area contributed by atoms with Gasteiger partial charge in [0.2, 0.25) is 5.91 Å². The van der Waals surface area contributed by atoms with E-state index >= 15 is 0 Å². The first-order valence-corrected chi connectivity index (χ1v) is 7.25. The largest absolute Gasteiger partial charge is 0.465 e. The van der Waals surface area contributed by atoms with E-state index in [0.717, 1.165) is 22.8 Å². The first-order chi connectivity index (χ1) is 10.8. The summed E-state index contributed by atoms with van der Waals surface area (Å²) in [4.78, 5) is 16.6. The van der Waals surface area contributed by atoms with Crippen molar-refractivity contribution in [1.29, 1.82) is 0 Å². The molecule has 0 aromatic carbocycles. The summed E-state index contributed by atoms with van der Waals surface area (Å²) in [6, 6.07) is 9.65. The number of hydrogen-bond acceptors (Lipinski definition) is 3. The van der Waals surface area contributed by atoms with Crippen LogP contribution in [0.5, 0.6) is 0 Å². The summed E-state index contributed by atoms with van der Waals surface area (Å²) in [7, 11) is 0. The fourth-order valence-corrected chi connectivity index (χ4v) is 2.89. The molecule has 0 fully saturated rings. The normalized spacial score (nSPS) is 18.4. The van der Waals surface area contributed by atoms with E-state index in [1.807, 2.05) is 48.7 Å². The number of carbonyl (C=O) groups excluding carboxylic acids is 1. The molecule has 0 spiro atoms. The van der Waals surface area contributed by atoms with Crippen LogP contribution in [0.1, 0.15) is 29.5 Å². The van der Waals surface area contributed by atoms with Gasteiger partial charge in [0.1, 0.15) is 11.4 Å². The van der Waals surface area contributed by atoms with Crippen molar-refractivity contribution in [3.63, 3.8) is 0 Å². The zero-order valence-corrected chi connectivity index (χ0v) is 11.9. The van der Waals surface area contributed by atoms with Crippen molar-refractivity contribution in [2.45, 2.75) is 18.9 Å². The van der Waals surface area contributed by atoms with E-state index in [4.69, 9.17) is 4.42 Å². The lowest BCUT2D eigenvalue weighted by molar-refractivity contribution is -0.121. The highest BCUT2D eigenvalue weighted by Gasteiger charge is 2.25. The number of nitrogens with zero attached hydrogens (tertiary/aromatic N) is 2. The molecule has 0 aliphatic carbocycles. The van der Waals surface area contributed by atoms with E-state index in [9.17, 15) is 4.79 Å². The Morgan fingerprint density at radius 2 is 2.27 bits per heavy atom. The quantitative estimate of drug-likeness (QED) is 0.790. The zero-order valence-electron chi connectivity index (χ0n) is 11.9. The van der Waals surface area contributed by atoms with Crippen molar-refractivity contribution >= 4 is 17.6 Å². The Hall–Kier alpha value is -2.82. The van der Waals surface area contributed by atoms with Crippen LogP contribution in [0.25, 0.3) is 11.7 Å². The van der Waals surface area contributed by atoms with Gasteiger partial charge in [-0.25, -0.2) is 4.98 Å². The number of nitrogens with one attached hydrogen (secondary N) is 1. The average molecular weight is 293 g/mol. The van der Waals surface area contributed by atoms with Crippen LogP contribution in [-0.2, 0) is 11.3 Å². The molecule has 0 saturated heterocycles. The molecule has 4 heterocycles. The first-order valence-electron chi connectivity index (χ1n) is 7.25. The maximum absolute atomic E-state index is 12.0. The van der Waals surface area contributed by atoms with Gasteiger partial charge in [0.25, 0.3) is 0 Å². The van der Waals surface area contributed by atoms with Crippen molar-refractivity contribution in [2.75, 3.05) is 0 Å². The Kier molecular flexibility index (Phi) is 3.04. The van der Waals surface area contributed by atoms with Crippen LogP contribution in [0.2, 0.25) is 0 Å². The lowest BCUT2D eigenvalue weighted by atomic mass is 9.99. The van der Waals surface area contributed by atoms with Gasteiger partial charge >= 0.3 is 0 Å². The minimum Gasteiger partial charge on any atom is -0.465 e. The van der Waals surface area contributed by atoms with Gasteiger partial charge in [-0.05, 0) is 30.3 Å². The maximum atomic E-state index is 12.0. The van der Waals surface area contributed by atoms with Gasteiger partial charge in [-0.3, -0.25) is 4.79 Å². The third-order valence-electron chi connectivity index (χ3n) is 3.89. The topological polar surface area (TPSA) is 59.5 Å². The molecule has 1 aliphatic heterocycles. The molecule has 22 heavy (non-hydrogen) atoms. The van der Waals surface area contributed by atoms with Crippen LogP contribution >= 0.6 is 0 Å². The lowest BCUT2D eigenvalue weighted by Crippen LogP contribution is -2.21. The van der Waals surface area contributed by atoms with Crippen LogP contribution in [0, 0.1) is 0 Å². The second-order valence-corrected chi connectivity index (χ2v) is 5.33. The van der Waals surface area contributed by atoms with Crippen molar-refractivity contribution in [3.05, 3.63) is 66.0 Å². The minimum atomic E-state index is -0.0278. The molecule has 1 amide bonds. The number of fused-ring (bicyclic) bond motifs is 3. The van der Waals surface area contributed by atoms with Crippen molar-refractivity contribution in [1.82, 2.24) is 14.7 Å². The third-order valence-corrected chi connectivity index (χ3v) is 3.89. The molecule has 4 rings (SSSR count). The Bertz CT molecular complexity index is 846. The van der Waals surface area contributed by atoms with E-state index in [-0.39, 0.29) is 11.8 Å². The predicted octanol–water partition coefficient (Wildman–Crippen LogP) is 2.74. The van der Waals surface area contributed by atoms with Crippen LogP contribution in [0.3, 0.4) is 0 Å². The van der Waals surface area contributed by atoms with Crippen LogP contribution in [0.15, 0.2) is 53.3 Å². The van der Waals surface area contributed by atoms with Gasteiger partial charge in [-0.15, -0.1) is 0 Å². The summed E-state index contributed by atoms with van der Waals surface area (Å²) < 4.78 is 7.39. The zero-order chi connectivity index (χ0) is 14.9. The number of allylic oxidation sites excluding steroid dienone is 1. The van der Waals surface area contributed by atoms with E-state index < -0.39 is 0 Å². The van der Waals surface area contributed by atoms with Crippen LogP contribution in [-0.4, -0.2) is 15.3 Å². The molecule has 0 radical (unpaired) electrons. The maximum Gasteiger partial charge on any atom is 0.221 e. The highest BCUT2D eigenvalue weighted by Crippen LogP contribution is 2.29. The molecule has 0 bridgehead atoms. The lowest BCUT2D eigenvalue weighted by Gasteiger charge is -2.10. The summed E-state index contributed by atoms with van der Waals surface area (Å²) in [5.41, 5.74) is 2.89. The molecular weight excluding hydrogens is 278 g/mol. The van der Waals surface area contributed by atoms with Gasteiger partial charge < -0.3 is 14.1 Å². The molecule has 0 saturated carbocycles.